The van der Waals surface area contributed by atoms with E-state index >= 15 is 0 Å². The molecule has 7 nitrogen and oxygen atoms in total. The smallest absolute Gasteiger partial charge is 0.251 e. The van der Waals surface area contributed by atoms with Crippen molar-refractivity contribution in [2.45, 2.75) is 101 Å². The minimum Gasteiger partial charge on any atom is -0.368 e. The largest absolute Gasteiger partial charge is 0.368 e. The van der Waals surface area contributed by atoms with E-state index < -0.39 is 12.1 Å². The molecule has 3 aliphatic heterocycles. The maximum atomic E-state index is 13.8. The van der Waals surface area contributed by atoms with Crippen molar-refractivity contribution < 1.29 is 19.1 Å². The summed E-state index contributed by atoms with van der Waals surface area (Å²) < 4.78 is 5.60. The molecule has 0 bridgehead atoms. The van der Waals surface area contributed by atoms with Crippen molar-refractivity contribution in [3.8, 4) is 0 Å². The lowest BCUT2D eigenvalue weighted by Crippen LogP contribution is -2.55. The minimum absolute atomic E-state index is 0.0151. The molecule has 0 spiro atoms. The molecule has 0 aromatic heterocycles. The van der Waals surface area contributed by atoms with E-state index in [1.165, 1.54) is 57.2 Å². The van der Waals surface area contributed by atoms with Gasteiger partial charge in [-0.15, -0.1) is 0 Å². The molecule has 200 valence electrons. The predicted octanol–water partition coefficient (Wildman–Crippen LogP) is 3.67. The number of hydrogen-bond donors (Lipinski definition) is 1. The molecular weight excluding hydrogens is 466 g/mol. The third kappa shape index (κ3) is 5.09. The van der Waals surface area contributed by atoms with Crippen molar-refractivity contribution in [1.29, 1.82) is 0 Å². The molecule has 1 N–H and O–H groups in total. The van der Waals surface area contributed by atoms with Gasteiger partial charge in [-0.2, -0.15) is 0 Å². The molecule has 3 saturated heterocycles. The number of hydrogen-bond acceptors (Lipinski definition) is 5. The van der Waals surface area contributed by atoms with Crippen LogP contribution < -0.4 is 5.32 Å². The van der Waals surface area contributed by atoms with Gasteiger partial charge in [-0.25, -0.2) is 0 Å². The number of benzene rings is 1. The number of rotatable bonds is 6. The first-order valence-electron chi connectivity index (χ1n) is 14.7. The molecule has 7 heteroatoms. The first-order chi connectivity index (χ1) is 18.1. The molecule has 2 saturated carbocycles. The number of nitrogens with one attached hydrogen (secondary N) is 1. The van der Waals surface area contributed by atoms with Gasteiger partial charge in [-0.05, 0) is 87.6 Å². The highest BCUT2D eigenvalue weighted by Gasteiger charge is 2.49. The van der Waals surface area contributed by atoms with Gasteiger partial charge in [0, 0.05) is 18.2 Å². The van der Waals surface area contributed by atoms with Crippen LogP contribution in [0.3, 0.4) is 0 Å². The number of nitrogens with zero attached hydrogens (tertiary/aromatic N) is 2. The summed E-state index contributed by atoms with van der Waals surface area (Å²) in [5, 5.41) is 3.12. The van der Waals surface area contributed by atoms with Crippen LogP contribution in [0, 0.1) is 5.92 Å². The molecule has 2 amide bonds. The maximum Gasteiger partial charge on any atom is 0.251 e. The number of amides is 2. The summed E-state index contributed by atoms with van der Waals surface area (Å²) in [5.41, 5.74) is 1.91. The third-order valence-corrected chi connectivity index (χ3v) is 9.83. The highest BCUT2D eigenvalue weighted by molar-refractivity contribution is 5.99. The highest BCUT2D eigenvalue weighted by atomic mass is 16.5. The van der Waals surface area contributed by atoms with E-state index in [-0.39, 0.29) is 36.2 Å². The summed E-state index contributed by atoms with van der Waals surface area (Å²) in [5.74, 6) is 0.348. The van der Waals surface area contributed by atoms with Crippen LogP contribution in [0.15, 0.2) is 24.3 Å². The lowest BCUT2D eigenvalue weighted by Gasteiger charge is -2.42. The molecule has 2 aliphatic carbocycles. The van der Waals surface area contributed by atoms with Crippen LogP contribution in [0.4, 0.5) is 0 Å². The second kappa shape index (κ2) is 10.9. The molecule has 3 atom stereocenters. The van der Waals surface area contributed by atoms with Crippen LogP contribution in [0.1, 0.15) is 92.5 Å². The fraction of sp³-hybridized carbons (Fsp3) is 0.700. The number of likely N-dealkylation sites (tertiary alicyclic amines) is 2. The lowest BCUT2D eigenvalue weighted by molar-refractivity contribution is -0.139. The fourth-order valence-electron chi connectivity index (χ4n) is 7.35. The molecular formula is C30H41N3O4. The Balaban J connectivity index is 1.11. The van der Waals surface area contributed by atoms with Crippen LogP contribution in [-0.2, 0) is 14.3 Å². The van der Waals surface area contributed by atoms with Crippen molar-refractivity contribution in [2.75, 3.05) is 26.2 Å². The second-order valence-electron chi connectivity index (χ2n) is 11.9. The quantitative estimate of drug-likeness (QED) is 0.636. The van der Waals surface area contributed by atoms with Gasteiger partial charge in [-0.1, -0.05) is 37.8 Å². The van der Waals surface area contributed by atoms with E-state index in [1.807, 2.05) is 12.1 Å². The zero-order valence-corrected chi connectivity index (χ0v) is 21.9. The van der Waals surface area contributed by atoms with Crippen molar-refractivity contribution in [2.24, 2.45) is 5.92 Å². The Kier molecular flexibility index (Phi) is 7.35. The predicted molar refractivity (Wildman–Crippen MR) is 140 cm³/mol. The van der Waals surface area contributed by atoms with Crippen LogP contribution in [0.25, 0.3) is 0 Å². The first-order valence-corrected chi connectivity index (χ1v) is 14.7. The van der Waals surface area contributed by atoms with Gasteiger partial charge in [0.05, 0.1) is 6.10 Å². The molecule has 6 rings (SSSR count). The van der Waals surface area contributed by atoms with Gasteiger partial charge in [0.25, 0.3) is 5.91 Å². The molecule has 5 aliphatic rings. The number of carbonyl (C=O) groups excluding carboxylic acids is 3. The Morgan fingerprint density at radius 1 is 0.865 bits per heavy atom. The number of fused-ring (bicyclic) bond motifs is 1. The van der Waals surface area contributed by atoms with E-state index in [2.05, 4.69) is 22.3 Å². The van der Waals surface area contributed by atoms with Gasteiger partial charge in [0.15, 0.2) is 5.78 Å². The van der Waals surface area contributed by atoms with Gasteiger partial charge in [0.1, 0.15) is 18.7 Å². The van der Waals surface area contributed by atoms with Crippen LogP contribution >= 0.6 is 0 Å². The van der Waals surface area contributed by atoms with Crippen molar-refractivity contribution >= 4 is 17.6 Å². The van der Waals surface area contributed by atoms with Gasteiger partial charge in [-0.3, -0.25) is 14.4 Å². The number of piperidine rings is 1. The van der Waals surface area contributed by atoms with E-state index in [4.69, 9.17) is 4.74 Å². The maximum absolute atomic E-state index is 13.8. The molecule has 1 aromatic carbocycles. The van der Waals surface area contributed by atoms with Crippen molar-refractivity contribution in [3.05, 3.63) is 35.4 Å². The monoisotopic (exact) mass is 507 g/mol. The summed E-state index contributed by atoms with van der Waals surface area (Å²) in [6.45, 7) is 2.96. The molecule has 37 heavy (non-hydrogen) atoms. The number of Topliss-reactive ketones (excluding diaryl/α,β-unsaturated/α-hetero) is 1. The highest BCUT2D eigenvalue weighted by Crippen LogP contribution is 2.34. The van der Waals surface area contributed by atoms with Crippen LogP contribution in [0.2, 0.25) is 0 Å². The lowest BCUT2D eigenvalue weighted by atomic mass is 9.83. The van der Waals surface area contributed by atoms with Gasteiger partial charge < -0.3 is 19.9 Å². The average molecular weight is 508 g/mol. The van der Waals surface area contributed by atoms with E-state index in [0.717, 1.165) is 31.7 Å². The first kappa shape index (κ1) is 25.1. The SMILES string of the molecule is O=C(N[C@H](C(=O)N1CC[C@H]2OCC(=O)[C@H]21)C1CCCCC1)c1ccc(C2CCN(C3CCC3)CC2)cc1. The van der Waals surface area contributed by atoms with E-state index in [9.17, 15) is 14.4 Å². The number of ether oxygens (including phenoxy) is 1. The molecule has 0 unspecified atom stereocenters. The summed E-state index contributed by atoms with van der Waals surface area (Å²) in [6, 6.07) is 7.81. The summed E-state index contributed by atoms with van der Waals surface area (Å²) in [4.78, 5) is 43.9. The fourth-order valence-corrected chi connectivity index (χ4v) is 7.35. The Labute approximate surface area is 220 Å². The Morgan fingerprint density at radius 3 is 2.27 bits per heavy atom. The van der Waals surface area contributed by atoms with Crippen LogP contribution in [-0.4, -0.2) is 77.9 Å². The van der Waals surface area contributed by atoms with Crippen molar-refractivity contribution in [3.63, 3.8) is 0 Å². The molecule has 0 radical (unpaired) electrons. The zero-order chi connectivity index (χ0) is 25.4. The normalized spacial score (nSPS) is 28.6. The van der Waals surface area contributed by atoms with Gasteiger partial charge >= 0.3 is 0 Å². The Hall–Kier alpha value is -2.25. The Bertz CT molecular complexity index is 993. The molecule has 3 heterocycles. The van der Waals surface area contributed by atoms with E-state index in [1.54, 1.807) is 4.90 Å². The summed E-state index contributed by atoms with van der Waals surface area (Å²) in [6.07, 6.45) is 12.2. The molecule has 1 aromatic rings. The zero-order valence-electron chi connectivity index (χ0n) is 21.9. The average Bonchev–Trinajstić information content (AvgIpc) is 3.50. The minimum atomic E-state index is -0.588. The summed E-state index contributed by atoms with van der Waals surface area (Å²) >= 11 is 0. The molecule has 5 fully saturated rings. The van der Waals surface area contributed by atoms with Gasteiger partial charge in [0.2, 0.25) is 5.91 Å². The number of ketones is 1. The summed E-state index contributed by atoms with van der Waals surface area (Å²) in [7, 11) is 0. The number of carbonyl (C=O) groups is 3. The topological polar surface area (TPSA) is 79.0 Å². The standard InChI is InChI=1S/C30H41N3O4/c34-25-19-37-26-15-18-33(28(25)26)30(36)27(22-5-2-1-3-6-22)31-29(35)23-11-9-20(10-12-23)21-13-16-32(17-14-21)24-7-4-8-24/h9-12,21-22,24,26-28H,1-8,13-19H2,(H,31,35)/t26-,27+,28-/m1/s1. The van der Waals surface area contributed by atoms with Crippen LogP contribution in [0.5, 0.6) is 0 Å². The third-order valence-electron chi connectivity index (χ3n) is 9.83. The van der Waals surface area contributed by atoms with E-state index in [0.29, 0.717) is 24.4 Å². The van der Waals surface area contributed by atoms with Crippen molar-refractivity contribution in [1.82, 2.24) is 15.1 Å². The Morgan fingerprint density at radius 2 is 1.59 bits per heavy atom. The second-order valence-corrected chi connectivity index (χ2v) is 11.9.